The van der Waals surface area contributed by atoms with Gasteiger partial charge in [-0.1, -0.05) is 6.07 Å². The third-order valence-electron chi connectivity index (χ3n) is 3.83. The van der Waals surface area contributed by atoms with Crippen molar-refractivity contribution in [2.75, 3.05) is 7.05 Å². The molecule has 0 aliphatic rings. The minimum atomic E-state index is 0.865. The van der Waals surface area contributed by atoms with Crippen LogP contribution in [0.25, 0.3) is 10.9 Å². The van der Waals surface area contributed by atoms with Crippen LogP contribution in [-0.2, 0) is 19.6 Å². The number of fused-ring (bicyclic) bond motifs is 1. The van der Waals surface area contributed by atoms with E-state index in [1.807, 2.05) is 14.0 Å². The molecule has 4 heteroatoms. The van der Waals surface area contributed by atoms with E-state index in [2.05, 4.69) is 63.1 Å². The summed E-state index contributed by atoms with van der Waals surface area (Å²) in [6.07, 6.45) is 2.16. The van der Waals surface area contributed by atoms with Crippen LogP contribution in [0.5, 0.6) is 0 Å². The molecule has 1 aromatic carbocycles. The Labute approximate surface area is 125 Å². The predicted molar refractivity (Wildman–Crippen MR) is 86.4 cm³/mol. The van der Waals surface area contributed by atoms with Gasteiger partial charge in [0.15, 0.2) is 0 Å². The van der Waals surface area contributed by atoms with Gasteiger partial charge in [-0.05, 0) is 56.1 Å². The molecule has 1 N–H and O–H groups in total. The van der Waals surface area contributed by atoms with E-state index in [0.717, 1.165) is 25.3 Å². The third kappa shape index (κ3) is 2.72. The fourth-order valence-electron chi connectivity index (χ4n) is 2.88. The lowest BCUT2D eigenvalue weighted by molar-refractivity contribution is 0.602. The highest BCUT2D eigenvalue weighted by atomic mass is 15.3. The van der Waals surface area contributed by atoms with Gasteiger partial charge in [0, 0.05) is 24.8 Å². The van der Waals surface area contributed by atoms with Crippen molar-refractivity contribution in [3.63, 3.8) is 0 Å². The van der Waals surface area contributed by atoms with E-state index in [1.165, 1.54) is 22.2 Å². The Hall–Kier alpha value is -2.07. The molecular weight excluding hydrogens is 260 g/mol. The van der Waals surface area contributed by atoms with Crippen molar-refractivity contribution in [2.24, 2.45) is 0 Å². The molecule has 0 aliphatic carbocycles. The number of nitrogens with one attached hydrogen (secondary N) is 1. The number of rotatable bonds is 5. The first-order valence-corrected chi connectivity index (χ1v) is 7.47. The van der Waals surface area contributed by atoms with Crippen molar-refractivity contribution in [3.8, 4) is 0 Å². The molecule has 0 aliphatic heterocycles. The highest BCUT2D eigenvalue weighted by Crippen LogP contribution is 2.19. The normalized spacial score (nSPS) is 11.4. The average Bonchev–Trinajstić information content (AvgIpc) is 3.03. The van der Waals surface area contributed by atoms with Crippen molar-refractivity contribution in [1.29, 1.82) is 0 Å². The Morgan fingerprint density at radius 1 is 1.19 bits per heavy atom. The molecule has 21 heavy (non-hydrogen) atoms. The maximum absolute atomic E-state index is 4.52. The summed E-state index contributed by atoms with van der Waals surface area (Å²) in [4.78, 5) is 0. The monoisotopic (exact) mass is 282 g/mol. The molecule has 2 heterocycles. The molecule has 3 aromatic rings. The van der Waals surface area contributed by atoms with Gasteiger partial charge in [-0.15, -0.1) is 0 Å². The van der Waals surface area contributed by atoms with E-state index >= 15 is 0 Å². The second-order valence-corrected chi connectivity index (χ2v) is 5.46. The summed E-state index contributed by atoms with van der Waals surface area (Å²) in [6, 6.07) is 11.0. The summed E-state index contributed by atoms with van der Waals surface area (Å²) in [5, 5.41) is 9.01. The third-order valence-corrected chi connectivity index (χ3v) is 3.83. The number of nitrogens with zero attached hydrogens (tertiary/aromatic N) is 3. The van der Waals surface area contributed by atoms with E-state index in [-0.39, 0.29) is 0 Å². The molecule has 0 atom stereocenters. The number of aryl methyl sites for hydroxylation is 2. The summed E-state index contributed by atoms with van der Waals surface area (Å²) in [5.41, 5.74) is 4.93. The second kappa shape index (κ2) is 5.74. The molecule has 0 unspecified atom stereocenters. The van der Waals surface area contributed by atoms with E-state index in [0.29, 0.717) is 0 Å². The molecule has 0 radical (unpaired) electrons. The molecule has 0 saturated heterocycles. The molecule has 0 bridgehead atoms. The Morgan fingerprint density at radius 2 is 2.05 bits per heavy atom. The fourth-order valence-corrected chi connectivity index (χ4v) is 2.88. The first-order valence-electron chi connectivity index (χ1n) is 7.47. The zero-order valence-electron chi connectivity index (χ0n) is 12.9. The lowest BCUT2D eigenvalue weighted by Crippen LogP contribution is -2.07. The Morgan fingerprint density at radius 3 is 2.81 bits per heavy atom. The van der Waals surface area contributed by atoms with Crippen LogP contribution < -0.4 is 5.32 Å². The summed E-state index contributed by atoms with van der Waals surface area (Å²) >= 11 is 0. The summed E-state index contributed by atoms with van der Waals surface area (Å²) in [5.74, 6) is 0. The standard InChI is InChI=1S/C17H22N4/c1-4-21-16(9-13(2)19-21)12-20-8-7-15-10-14(11-18-3)5-6-17(15)20/h5-10,18H,4,11-12H2,1-3H3. The minimum Gasteiger partial charge on any atom is -0.341 e. The van der Waals surface area contributed by atoms with Crippen molar-refractivity contribution in [1.82, 2.24) is 19.7 Å². The van der Waals surface area contributed by atoms with Gasteiger partial charge in [-0.3, -0.25) is 4.68 Å². The SMILES string of the molecule is CCn1nc(C)cc1Cn1ccc2cc(CNC)ccc21. The van der Waals surface area contributed by atoms with E-state index < -0.39 is 0 Å². The van der Waals surface area contributed by atoms with Crippen LogP contribution in [0.15, 0.2) is 36.5 Å². The van der Waals surface area contributed by atoms with Crippen LogP contribution in [0.2, 0.25) is 0 Å². The van der Waals surface area contributed by atoms with Crippen LogP contribution in [0.3, 0.4) is 0 Å². The maximum Gasteiger partial charge on any atom is 0.0645 e. The second-order valence-electron chi connectivity index (χ2n) is 5.46. The predicted octanol–water partition coefficient (Wildman–Crippen LogP) is 2.93. The van der Waals surface area contributed by atoms with Crippen LogP contribution in [-0.4, -0.2) is 21.4 Å². The quantitative estimate of drug-likeness (QED) is 0.781. The Kier molecular flexibility index (Phi) is 3.80. The van der Waals surface area contributed by atoms with E-state index in [9.17, 15) is 0 Å². The lowest BCUT2D eigenvalue weighted by Gasteiger charge is -2.08. The molecule has 0 spiro atoms. The Balaban J connectivity index is 1.93. The van der Waals surface area contributed by atoms with Gasteiger partial charge >= 0.3 is 0 Å². The number of hydrogen-bond acceptors (Lipinski definition) is 2. The first kappa shape index (κ1) is 13.9. The smallest absolute Gasteiger partial charge is 0.0645 e. The number of hydrogen-bond donors (Lipinski definition) is 1. The average molecular weight is 282 g/mol. The van der Waals surface area contributed by atoms with Crippen LogP contribution in [0.4, 0.5) is 0 Å². The van der Waals surface area contributed by atoms with Crippen molar-refractivity contribution < 1.29 is 0 Å². The zero-order chi connectivity index (χ0) is 14.8. The van der Waals surface area contributed by atoms with Gasteiger partial charge in [0.25, 0.3) is 0 Å². The Bertz CT molecular complexity index is 751. The van der Waals surface area contributed by atoms with Gasteiger partial charge in [-0.2, -0.15) is 5.10 Å². The number of benzene rings is 1. The molecule has 4 nitrogen and oxygen atoms in total. The van der Waals surface area contributed by atoms with Gasteiger partial charge in [0.2, 0.25) is 0 Å². The molecule has 0 fully saturated rings. The highest BCUT2D eigenvalue weighted by molar-refractivity contribution is 5.81. The topological polar surface area (TPSA) is 34.8 Å². The molecule has 110 valence electrons. The van der Waals surface area contributed by atoms with Gasteiger partial charge < -0.3 is 9.88 Å². The largest absolute Gasteiger partial charge is 0.341 e. The highest BCUT2D eigenvalue weighted by Gasteiger charge is 2.07. The zero-order valence-corrected chi connectivity index (χ0v) is 12.9. The van der Waals surface area contributed by atoms with Crippen molar-refractivity contribution in [3.05, 3.63) is 53.5 Å². The summed E-state index contributed by atoms with van der Waals surface area (Å²) in [7, 11) is 1.98. The fraction of sp³-hybridized carbons (Fsp3) is 0.353. The van der Waals surface area contributed by atoms with Gasteiger partial charge in [-0.25, -0.2) is 0 Å². The molecule has 2 aromatic heterocycles. The van der Waals surface area contributed by atoms with Crippen LogP contribution in [0, 0.1) is 6.92 Å². The molecular formula is C17H22N4. The maximum atomic E-state index is 4.52. The van der Waals surface area contributed by atoms with Crippen molar-refractivity contribution >= 4 is 10.9 Å². The van der Waals surface area contributed by atoms with Gasteiger partial charge in [0.1, 0.15) is 0 Å². The van der Waals surface area contributed by atoms with Crippen molar-refractivity contribution in [2.45, 2.75) is 33.5 Å². The molecule has 0 saturated carbocycles. The summed E-state index contributed by atoms with van der Waals surface area (Å²) < 4.78 is 4.37. The molecule has 0 amide bonds. The number of aromatic nitrogens is 3. The lowest BCUT2D eigenvalue weighted by atomic mass is 10.1. The molecule has 3 rings (SSSR count). The van der Waals surface area contributed by atoms with E-state index in [1.54, 1.807) is 0 Å². The minimum absolute atomic E-state index is 0.865. The van der Waals surface area contributed by atoms with Crippen LogP contribution in [0.1, 0.15) is 23.9 Å². The summed E-state index contributed by atoms with van der Waals surface area (Å²) in [6.45, 7) is 6.86. The van der Waals surface area contributed by atoms with E-state index in [4.69, 9.17) is 0 Å². The van der Waals surface area contributed by atoms with Gasteiger partial charge in [0.05, 0.1) is 17.9 Å². The van der Waals surface area contributed by atoms with Crippen LogP contribution >= 0.6 is 0 Å². The first-order chi connectivity index (χ1) is 10.2.